The molecular weight excluding hydrogens is 376 g/mol. The predicted octanol–water partition coefficient (Wildman–Crippen LogP) is 2.52. The SMILES string of the molecule is CN1CCN=C1NNC[C@H]1CC[C@]2(O)[C@@H]3CC[C@@H]4C[C@@H](O)CC[C@]4(C)[C@H]3CC[C@]12C. The average molecular weight is 419 g/mol. The molecule has 30 heavy (non-hydrogen) atoms. The first kappa shape index (κ1) is 21.0. The Kier molecular flexibility index (Phi) is 5.15. The van der Waals surface area contributed by atoms with Gasteiger partial charge in [0.2, 0.25) is 5.96 Å². The molecular formula is C24H42N4O2. The van der Waals surface area contributed by atoms with Crippen molar-refractivity contribution < 1.29 is 10.2 Å². The monoisotopic (exact) mass is 418 g/mol. The molecule has 4 saturated carbocycles. The second kappa shape index (κ2) is 7.35. The van der Waals surface area contributed by atoms with Gasteiger partial charge in [-0.2, -0.15) is 0 Å². The number of rotatable bonds is 3. The van der Waals surface area contributed by atoms with Crippen LogP contribution in [0.25, 0.3) is 0 Å². The number of aliphatic hydroxyl groups excluding tert-OH is 1. The maximum atomic E-state index is 12.2. The second-order valence-electron chi connectivity index (χ2n) is 11.7. The van der Waals surface area contributed by atoms with Gasteiger partial charge in [-0.15, -0.1) is 0 Å². The lowest BCUT2D eigenvalue weighted by Gasteiger charge is -2.63. The van der Waals surface area contributed by atoms with Crippen LogP contribution in [-0.2, 0) is 0 Å². The molecule has 5 rings (SSSR count). The molecule has 0 aromatic heterocycles. The van der Waals surface area contributed by atoms with Crippen LogP contribution in [-0.4, -0.2) is 59.5 Å². The summed E-state index contributed by atoms with van der Waals surface area (Å²) in [6, 6.07) is 0. The lowest BCUT2D eigenvalue weighted by atomic mass is 9.43. The fourth-order valence-corrected chi connectivity index (χ4v) is 8.56. The number of nitrogens with zero attached hydrogens (tertiary/aromatic N) is 2. The summed E-state index contributed by atoms with van der Waals surface area (Å²) in [5.41, 5.74) is 6.52. The quantitative estimate of drug-likeness (QED) is 0.530. The highest BCUT2D eigenvalue weighted by Crippen LogP contribution is 2.68. The molecule has 4 aliphatic carbocycles. The molecule has 6 nitrogen and oxygen atoms in total. The van der Waals surface area contributed by atoms with Crippen molar-refractivity contribution >= 4 is 5.96 Å². The Labute approximate surface area is 181 Å². The maximum absolute atomic E-state index is 12.2. The van der Waals surface area contributed by atoms with Crippen LogP contribution < -0.4 is 10.9 Å². The molecule has 0 bridgehead atoms. The molecule has 8 atom stereocenters. The van der Waals surface area contributed by atoms with Gasteiger partial charge >= 0.3 is 0 Å². The van der Waals surface area contributed by atoms with E-state index in [-0.39, 0.29) is 11.5 Å². The van der Waals surface area contributed by atoms with Crippen LogP contribution in [0.5, 0.6) is 0 Å². The van der Waals surface area contributed by atoms with Crippen LogP contribution >= 0.6 is 0 Å². The Morgan fingerprint density at radius 1 is 1.07 bits per heavy atom. The molecule has 0 aromatic rings. The van der Waals surface area contributed by atoms with Gasteiger partial charge in [-0.1, -0.05) is 13.8 Å². The number of hydrogen-bond donors (Lipinski definition) is 4. The summed E-state index contributed by atoms with van der Waals surface area (Å²) in [4.78, 5) is 6.64. The zero-order valence-corrected chi connectivity index (χ0v) is 19.2. The molecule has 1 aliphatic heterocycles. The molecule has 0 spiro atoms. The fourth-order valence-electron chi connectivity index (χ4n) is 8.56. The van der Waals surface area contributed by atoms with Crippen LogP contribution in [0.2, 0.25) is 0 Å². The number of aliphatic hydroxyl groups is 2. The van der Waals surface area contributed by atoms with E-state index in [9.17, 15) is 10.2 Å². The third kappa shape index (κ3) is 2.96. The van der Waals surface area contributed by atoms with Crippen molar-refractivity contribution in [2.24, 2.45) is 39.5 Å². The number of fused-ring (bicyclic) bond motifs is 5. The highest BCUT2D eigenvalue weighted by atomic mass is 16.3. The van der Waals surface area contributed by atoms with Crippen LogP contribution in [0.4, 0.5) is 0 Å². The van der Waals surface area contributed by atoms with Gasteiger partial charge in [0.15, 0.2) is 0 Å². The summed E-state index contributed by atoms with van der Waals surface area (Å²) in [5, 5.41) is 22.5. The highest BCUT2D eigenvalue weighted by Gasteiger charge is 2.66. The molecule has 6 heteroatoms. The van der Waals surface area contributed by atoms with Gasteiger partial charge in [-0.25, -0.2) is 5.43 Å². The highest BCUT2D eigenvalue weighted by molar-refractivity contribution is 5.80. The third-order valence-corrected chi connectivity index (χ3v) is 10.6. The molecule has 4 N–H and O–H groups in total. The van der Waals surface area contributed by atoms with E-state index >= 15 is 0 Å². The van der Waals surface area contributed by atoms with Crippen LogP contribution in [0, 0.1) is 34.5 Å². The molecule has 5 aliphatic rings. The van der Waals surface area contributed by atoms with Gasteiger partial charge in [0.05, 0.1) is 18.2 Å². The largest absolute Gasteiger partial charge is 0.393 e. The summed E-state index contributed by atoms with van der Waals surface area (Å²) in [5.74, 6) is 3.11. The molecule has 0 radical (unpaired) electrons. The number of hydrogen-bond acceptors (Lipinski definition) is 6. The van der Waals surface area contributed by atoms with E-state index < -0.39 is 5.60 Å². The van der Waals surface area contributed by atoms with Gasteiger partial charge < -0.3 is 15.1 Å². The lowest BCUT2D eigenvalue weighted by Crippen LogP contribution is -2.63. The minimum Gasteiger partial charge on any atom is -0.393 e. The lowest BCUT2D eigenvalue weighted by molar-refractivity contribution is -0.209. The van der Waals surface area contributed by atoms with E-state index in [0.29, 0.717) is 29.1 Å². The predicted molar refractivity (Wildman–Crippen MR) is 119 cm³/mol. The zero-order chi connectivity index (χ0) is 21.1. The van der Waals surface area contributed by atoms with E-state index in [1.165, 1.54) is 12.8 Å². The second-order valence-corrected chi connectivity index (χ2v) is 11.7. The minimum absolute atomic E-state index is 0.0103. The first-order valence-electron chi connectivity index (χ1n) is 12.4. The Morgan fingerprint density at radius 2 is 1.90 bits per heavy atom. The number of guanidine groups is 1. The number of hydrazine groups is 1. The van der Waals surface area contributed by atoms with E-state index in [2.05, 4.69) is 41.6 Å². The van der Waals surface area contributed by atoms with E-state index in [4.69, 9.17) is 0 Å². The Hall–Kier alpha value is -0.850. The Morgan fingerprint density at radius 3 is 2.67 bits per heavy atom. The van der Waals surface area contributed by atoms with Crippen molar-refractivity contribution in [1.82, 2.24) is 15.8 Å². The van der Waals surface area contributed by atoms with Gasteiger partial charge in [0.1, 0.15) is 0 Å². The summed E-state index contributed by atoms with van der Waals surface area (Å²) in [6.45, 7) is 7.59. The van der Waals surface area contributed by atoms with Crippen molar-refractivity contribution in [2.75, 3.05) is 26.7 Å². The van der Waals surface area contributed by atoms with E-state index in [1.807, 2.05) is 0 Å². The first-order chi connectivity index (χ1) is 14.3. The molecule has 4 fully saturated rings. The van der Waals surface area contributed by atoms with Crippen LogP contribution in [0.15, 0.2) is 4.99 Å². The smallest absolute Gasteiger partial charge is 0.208 e. The fraction of sp³-hybridized carbons (Fsp3) is 0.958. The average Bonchev–Trinajstić information content (AvgIpc) is 3.23. The van der Waals surface area contributed by atoms with Crippen molar-refractivity contribution in [1.29, 1.82) is 0 Å². The zero-order valence-electron chi connectivity index (χ0n) is 19.2. The van der Waals surface area contributed by atoms with Crippen molar-refractivity contribution in [3.8, 4) is 0 Å². The molecule has 1 heterocycles. The summed E-state index contributed by atoms with van der Waals surface area (Å²) in [6.07, 6.45) is 9.70. The summed E-state index contributed by atoms with van der Waals surface area (Å²) in [7, 11) is 2.07. The number of nitrogens with one attached hydrogen (secondary N) is 2. The van der Waals surface area contributed by atoms with Gasteiger partial charge in [-0.05, 0) is 86.9 Å². The molecule has 170 valence electrons. The minimum atomic E-state index is -0.534. The molecule has 0 amide bonds. The number of aliphatic imine (C=N–C) groups is 1. The van der Waals surface area contributed by atoms with Gasteiger partial charge in [0, 0.05) is 25.6 Å². The maximum Gasteiger partial charge on any atom is 0.208 e. The van der Waals surface area contributed by atoms with Gasteiger partial charge in [0.25, 0.3) is 0 Å². The topological polar surface area (TPSA) is 80.1 Å². The van der Waals surface area contributed by atoms with E-state index in [1.54, 1.807) is 0 Å². The Bertz CT molecular complexity index is 701. The van der Waals surface area contributed by atoms with E-state index in [0.717, 1.165) is 70.5 Å². The Balaban J connectivity index is 1.29. The van der Waals surface area contributed by atoms with Crippen LogP contribution in [0.1, 0.15) is 71.6 Å². The summed E-state index contributed by atoms with van der Waals surface area (Å²) >= 11 is 0. The summed E-state index contributed by atoms with van der Waals surface area (Å²) < 4.78 is 0. The van der Waals surface area contributed by atoms with Crippen molar-refractivity contribution in [3.05, 3.63) is 0 Å². The number of likely N-dealkylation sites (N-methyl/N-ethyl adjacent to an activating group) is 1. The third-order valence-electron chi connectivity index (χ3n) is 10.6. The van der Waals surface area contributed by atoms with Crippen molar-refractivity contribution in [2.45, 2.75) is 83.3 Å². The molecule has 0 saturated heterocycles. The van der Waals surface area contributed by atoms with Gasteiger partial charge in [-0.3, -0.25) is 10.4 Å². The normalized spacial score (nSPS) is 50.5. The molecule has 0 aromatic carbocycles. The standard InChI is InChI=1S/C24H42N4O2/c1-22-9-7-18(29)14-16(22)4-5-20-19(22)8-10-23(2)17(6-11-24(20,23)30)15-26-27-21-25-12-13-28(21)3/h16-20,26,29-30H,4-15H2,1-3H3,(H,25,27)/t16-,17-,18+,19+,20-,22+,23-,24+/m1/s1. The van der Waals surface area contributed by atoms with Crippen molar-refractivity contribution in [3.63, 3.8) is 0 Å². The molecule has 0 unspecified atom stereocenters. The first-order valence-corrected chi connectivity index (χ1v) is 12.4. The van der Waals surface area contributed by atoms with Crippen LogP contribution in [0.3, 0.4) is 0 Å².